The Morgan fingerprint density at radius 2 is 1.29 bits per heavy atom. The summed E-state index contributed by atoms with van der Waals surface area (Å²) in [5.41, 5.74) is 14.4. The van der Waals surface area contributed by atoms with Crippen LogP contribution in [0.5, 0.6) is 0 Å². The van der Waals surface area contributed by atoms with Gasteiger partial charge in [0.2, 0.25) is 0 Å². The van der Waals surface area contributed by atoms with Crippen molar-refractivity contribution in [1.29, 1.82) is 10.8 Å². The molecule has 5 heteroatoms. The minimum Gasteiger partial charge on any atom is -0.384 e. The number of carbonyl (C=O) groups is 1. The van der Waals surface area contributed by atoms with Crippen LogP contribution in [0, 0.1) is 22.7 Å². The maximum atomic E-state index is 13.1. The molecule has 1 fully saturated rings. The number of Topliss-reactive ketones (excluding diaryl/α,β-unsaturated/α-hetero) is 1. The van der Waals surface area contributed by atoms with Crippen molar-refractivity contribution in [3.05, 3.63) is 70.9 Å². The van der Waals surface area contributed by atoms with E-state index >= 15 is 0 Å². The molecule has 2 atom stereocenters. The minimum atomic E-state index is 0.0839. The van der Waals surface area contributed by atoms with Gasteiger partial charge in [-0.15, -0.1) is 0 Å². The Labute approximate surface area is 166 Å². The largest absolute Gasteiger partial charge is 0.384 e. The molecule has 1 saturated carbocycles. The number of ketones is 1. The number of carbonyl (C=O) groups excluding carboxylic acids is 1. The van der Waals surface area contributed by atoms with Gasteiger partial charge in [0, 0.05) is 11.1 Å². The third-order valence-electron chi connectivity index (χ3n) is 5.44. The zero-order valence-corrected chi connectivity index (χ0v) is 16.1. The number of nitrogens with one attached hydrogen (secondary N) is 2. The van der Waals surface area contributed by atoms with Crippen molar-refractivity contribution < 1.29 is 4.79 Å². The Kier molecular flexibility index (Phi) is 6.24. The molecule has 0 aromatic carbocycles. The molecule has 3 aliphatic rings. The highest BCUT2D eigenvalue weighted by Gasteiger charge is 2.21. The van der Waals surface area contributed by atoms with Crippen LogP contribution in [0.1, 0.15) is 38.5 Å². The highest BCUT2D eigenvalue weighted by atomic mass is 16.1. The van der Waals surface area contributed by atoms with Gasteiger partial charge in [0.05, 0.1) is 0 Å². The average molecular weight is 377 g/mol. The Bertz CT molecular complexity index is 797. The Morgan fingerprint density at radius 3 is 1.61 bits per heavy atom. The van der Waals surface area contributed by atoms with Crippen LogP contribution in [0.3, 0.4) is 0 Å². The second kappa shape index (κ2) is 8.83. The SMILES string of the molecule is N=C(N)C1=CCC(C=C2CCCCC(=CC3C=CC(C(=N)N)=CC3)C2=O)C=C1. The average Bonchev–Trinajstić information content (AvgIpc) is 2.85. The molecule has 28 heavy (non-hydrogen) atoms. The minimum absolute atomic E-state index is 0.0839. The summed E-state index contributed by atoms with van der Waals surface area (Å²) in [5, 5.41) is 15.0. The molecule has 0 bridgehead atoms. The lowest BCUT2D eigenvalue weighted by molar-refractivity contribution is -0.112. The molecular formula is C23H28N4O. The van der Waals surface area contributed by atoms with Crippen molar-refractivity contribution in [2.45, 2.75) is 38.5 Å². The molecule has 5 nitrogen and oxygen atoms in total. The van der Waals surface area contributed by atoms with Gasteiger partial charge in [-0.05, 0) is 61.5 Å². The van der Waals surface area contributed by atoms with Crippen molar-refractivity contribution in [3.8, 4) is 0 Å². The van der Waals surface area contributed by atoms with Crippen LogP contribution in [0.4, 0.5) is 0 Å². The highest BCUT2D eigenvalue weighted by Crippen LogP contribution is 2.29. The van der Waals surface area contributed by atoms with Crippen LogP contribution in [0.25, 0.3) is 0 Å². The maximum Gasteiger partial charge on any atom is 0.184 e. The van der Waals surface area contributed by atoms with E-state index in [1.807, 2.05) is 36.5 Å². The molecule has 6 N–H and O–H groups in total. The first kappa shape index (κ1) is 19.8. The van der Waals surface area contributed by atoms with Gasteiger partial charge in [-0.25, -0.2) is 0 Å². The van der Waals surface area contributed by atoms with E-state index in [1.165, 1.54) is 0 Å². The zero-order chi connectivity index (χ0) is 20.1. The molecule has 0 aromatic heterocycles. The lowest BCUT2D eigenvalue weighted by Crippen LogP contribution is -2.15. The van der Waals surface area contributed by atoms with Gasteiger partial charge >= 0.3 is 0 Å². The topological polar surface area (TPSA) is 117 Å². The summed E-state index contributed by atoms with van der Waals surface area (Å²) in [5.74, 6) is 0.692. The second-order valence-corrected chi connectivity index (χ2v) is 7.58. The Morgan fingerprint density at radius 1 is 0.857 bits per heavy atom. The molecule has 0 heterocycles. The van der Waals surface area contributed by atoms with Crippen molar-refractivity contribution in [3.63, 3.8) is 0 Å². The zero-order valence-electron chi connectivity index (χ0n) is 16.1. The highest BCUT2D eigenvalue weighted by molar-refractivity contribution is 6.08. The van der Waals surface area contributed by atoms with Crippen molar-refractivity contribution in [2.24, 2.45) is 23.3 Å². The van der Waals surface area contributed by atoms with E-state index in [1.54, 1.807) is 0 Å². The molecule has 0 aliphatic heterocycles. The fraction of sp³-hybridized carbons (Fsp3) is 0.348. The number of amidine groups is 2. The summed E-state index contributed by atoms with van der Waals surface area (Å²) < 4.78 is 0. The van der Waals surface area contributed by atoms with Gasteiger partial charge in [-0.1, -0.05) is 48.6 Å². The fourth-order valence-electron chi connectivity index (χ4n) is 3.82. The van der Waals surface area contributed by atoms with Gasteiger partial charge < -0.3 is 11.5 Å². The summed E-state index contributed by atoms with van der Waals surface area (Å²) >= 11 is 0. The molecule has 0 radical (unpaired) electrons. The lowest BCUT2D eigenvalue weighted by Gasteiger charge is -2.16. The monoisotopic (exact) mass is 376 g/mol. The van der Waals surface area contributed by atoms with E-state index < -0.39 is 0 Å². The first-order valence-electron chi connectivity index (χ1n) is 9.85. The van der Waals surface area contributed by atoms with Crippen LogP contribution >= 0.6 is 0 Å². The van der Waals surface area contributed by atoms with E-state index in [0.717, 1.165) is 60.8 Å². The molecule has 0 spiro atoms. The fourth-order valence-corrected chi connectivity index (χ4v) is 3.82. The number of allylic oxidation sites excluding steroid dienone is 8. The lowest BCUT2D eigenvalue weighted by atomic mass is 9.89. The van der Waals surface area contributed by atoms with Gasteiger partial charge in [0.1, 0.15) is 11.7 Å². The first-order chi connectivity index (χ1) is 13.4. The van der Waals surface area contributed by atoms with Crippen molar-refractivity contribution in [1.82, 2.24) is 0 Å². The smallest absolute Gasteiger partial charge is 0.184 e. The number of nitrogens with two attached hydrogens (primary N) is 2. The number of hydrogen-bond donors (Lipinski definition) is 4. The molecule has 2 unspecified atom stereocenters. The van der Waals surface area contributed by atoms with Crippen molar-refractivity contribution in [2.75, 3.05) is 0 Å². The number of hydrogen-bond acceptors (Lipinski definition) is 3. The predicted octanol–water partition coefficient (Wildman–Crippen LogP) is 3.86. The quantitative estimate of drug-likeness (QED) is 0.258. The van der Waals surface area contributed by atoms with Crippen LogP contribution < -0.4 is 11.5 Å². The van der Waals surface area contributed by atoms with Crippen LogP contribution in [-0.2, 0) is 4.79 Å². The Balaban J connectivity index is 1.73. The van der Waals surface area contributed by atoms with E-state index in [0.29, 0.717) is 0 Å². The summed E-state index contributed by atoms with van der Waals surface area (Å²) in [6.07, 6.45) is 21.1. The van der Waals surface area contributed by atoms with Gasteiger partial charge in [0.15, 0.2) is 5.78 Å². The summed E-state index contributed by atoms with van der Waals surface area (Å²) in [6.45, 7) is 0. The normalized spacial score (nSPS) is 28.1. The standard InChI is InChI=1S/C23H28N4O/c24-22(25)17-9-5-15(6-10-17)13-19-3-1-2-4-20(21(19)28)14-16-7-11-18(12-8-16)23(26)27/h5,7,9-16H,1-4,6,8H2,(H3,24,25)(H3,26,27). The van der Waals surface area contributed by atoms with Gasteiger partial charge in [-0.3, -0.25) is 15.6 Å². The van der Waals surface area contributed by atoms with E-state index in [2.05, 4.69) is 12.2 Å². The van der Waals surface area contributed by atoms with E-state index in [9.17, 15) is 4.79 Å². The molecule has 3 aliphatic carbocycles. The molecular weight excluding hydrogens is 348 g/mol. The van der Waals surface area contributed by atoms with E-state index in [4.69, 9.17) is 22.3 Å². The summed E-state index contributed by atoms with van der Waals surface area (Å²) in [4.78, 5) is 13.1. The summed E-state index contributed by atoms with van der Waals surface area (Å²) in [7, 11) is 0. The third-order valence-corrected chi connectivity index (χ3v) is 5.44. The van der Waals surface area contributed by atoms with Gasteiger partial charge in [0.25, 0.3) is 0 Å². The van der Waals surface area contributed by atoms with Crippen LogP contribution in [0.15, 0.2) is 70.9 Å². The predicted molar refractivity (Wildman–Crippen MR) is 114 cm³/mol. The Hall–Kier alpha value is -2.95. The molecule has 0 saturated heterocycles. The van der Waals surface area contributed by atoms with E-state index in [-0.39, 0.29) is 29.3 Å². The van der Waals surface area contributed by atoms with Gasteiger partial charge in [-0.2, -0.15) is 0 Å². The third kappa shape index (κ3) is 4.85. The molecule has 146 valence electrons. The molecule has 0 amide bonds. The molecule has 0 aromatic rings. The van der Waals surface area contributed by atoms with Crippen LogP contribution in [0.2, 0.25) is 0 Å². The second-order valence-electron chi connectivity index (χ2n) is 7.58. The van der Waals surface area contributed by atoms with Crippen LogP contribution in [-0.4, -0.2) is 17.5 Å². The van der Waals surface area contributed by atoms with Crippen molar-refractivity contribution >= 4 is 17.5 Å². The number of rotatable bonds is 4. The first-order valence-corrected chi connectivity index (χ1v) is 9.85. The summed E-state index contributed by atoms with van der Waals surface area (Å²) in [6, 6.07) is 0. The molecule has 3 rings (SSSR count). The maximum absolute atomic E-state index is 13.1.